The molecule has 0 amide bonds. The Balaban J connectivity index is 0. The molecule has 10 heavy (non-hydrogen) atoms. The van der Waals surface area contributed by atoms with Crippen molar-refractivity contribution in [3.63, 3.8) is 0 Å². The second-order valence-electron chi connectivity index (χ2n) is 1.85. The normalized spacial score (nSPS) is 9.00. The predicted octanol–water partition coefficient (Wildman–Crippen LogP) is -1.73. The average molecular weight is 138 g/mol. The molecule has 0 spiro atoms. The molecule has 0 atom stereocenters. The molecule has 2 nitrogen and oxygen atoms in total. The van der Waals surface area contributed by atoms with Gasteiger partial charge in [0, 0.05) is 27.4 Å². The Morgan fingerprint density at radius 1 is 1.00 bits per heavy atom. The summed E-state index contributed by atoms with van der Waals surface area (Å²) in [4.78, 5) is 0. The van der Waals surface area contributed by atoms with E-state index in [0.29, 0.717) is 0 Å². The molecule has 56 valence electrons. The molecule has 0 N–H and O–H groups in total. The molecular weight excluding hydrogens is 123 g/mol. The first-order chi connectivity index (χ1) is 4.41. The van der Waals surface area contributed by atoms with Crippen molar-refractivity contribution in [1.29, 1.82) is 0 Å². The topological polar surface area (TPSA) is 18.5 Å². The molecule has 0 saturated carbocycles. The number of hydrogen-bond acceptors (Lipinski definition) is 2. The van der Waals surface area contributed by atoms with Gasteiger partial charge in [-0.05, 0) is 0 Å². The molecule has 0 aromatic rings. The zero-order valence-corrected chi connectivity index (χ0v) is 7.22. The van der Waals surface area contributed by atoms with E-state index in [1.165, 1.54) is 0 Å². The van der Waals surface area contributed by atoms with Gasteiger partial charge < -0.3 is 15.9 Å². The molecule has 0 unspecified atom stereocenters. The van der Waals surface area contributed by atoms with Gasteiger partial charge in [0.1, 0.15) is 0 Å². The second-order valence-corrected chi connectivity index (χ2v) is 1.85. The van der Waals surface area contributed by atoms with Crippen LogP contribution in [0.5, 0.6) is 0 Å². The third-order valence-electron chi connectivity index (χ3n) is 1.05. The number of ether oxygens (including phenoxy) is 2. The molecule has 0 bridgehead atoms. The van der Waals surface area contributed by atoms with Crippen LogP contribution in [0.4, 0.5) is 0 Å². The van der Waals surface area contributed by atoms with E-state index in [-0.39, 0.29) is 18.9 Å². The average Bonchev–Trinajstić information content (AvgIpc) is 1.89. The molecule has 0 aromatic heterocycles. The standard InChI is InChI=1S/C7H15O2.Li/c1-8-6-4-3-5-7-9-2;/h3H,4-7H2,1-2H3;/q-1;+1. The van der Waals surface area contributed by atoms with Crippen molar-refractivity contribution < 1.29 is 28.3 Å². The summed E-state index contributed by atoms with van der Waals surface area (Å²) in [5.41, 5.74) is 0. The van der Waals surface area contributed by atoms with Gasteiger partial charge in [-0.25, -0.2) is 0 Å². The summed E-state index contributed by atoms with van der Waals surface area (Å²) in [6.45, 7) is 1.65. The summed E-state index contributed by atoms with van der Waals surface area (Å²) in [6.07, 6.45) is 4.23. The van der Waals surface area contributed by atoms with Gasteiger partial charge in [-0.2, -0.15) is 12.8 Å². The first kappa shape index (κ1) is 13.1. The van der Waals surface area contributed by atoms with Crippen molar-refractivity contribution >= 4 is 0 Å². The van der Waals surface area contributed by atoms with Crippen LogP contribution in [-0.2, 0) is 9.47 Å². The quantitative estimate of drug-likeness (QED) is 0.246. The van der Waals surface area contributed by atoms with E-state index in [1.54, 1.807) is 14.2 Å². The van der Waals surface area contributed by atoms with Crippen LogP contribution in [0.25, 0.3) is 0 Å². The van der Waals surface area contributed by atoms with Crippen molar-refractivity contribution in [2.24, 2.45) is 0 Å². The molecular formula is C7H15LiO2. The van der Waals surface area contributed by atoms with E-state index in [0.717, 1.165) is 26.1 Å². The fourth-order valence-corrected chi connectivity index (χ4v) is 0.547. The number of methoxy groups -OCH3 is 2. The van der Waals surface area contributed by atoms with E-state index in [4.69, 9.17) is 9.47 Å². The van der Waals surface area contributed by atoms with Crippen molar-refractivity contribution in [1.82, 2.24) is 0 Å². The van der Waals surface area contributed by atoms with Gasteiger partial charge in [-0.1, -0.05) is 0 Å². The summed E-state index contributed by atoms with van der Waals surface area (Å²) < 4.78 is 9.70. The van der Waals surface area contributed by atoms with Gasteiger partial charge >= 0.3 is 18.9 Å². The minimum absolute atomic E-state index is 0. The Bertz CT molecular complexity index is 44.9. The summed E-state index contributed by atoms with van der Waals surface area (Å²) >= 11 is 0. The zero-order valence-electron chi connectivity index (χ0n) is 7.22. The molecule has 0 saturated heterocycles. The molecule has 0 heterocycles. The summed E-state index contributed by atoms with van der Waals surface area (Å²) in [6, 6.07) is 0. The Hall–Kier alpha value is 0.517. The van der Waals surface area contributed by atoms with E-state index in [1.807, 2.05) is 0 Å². The molecule has 0 aliphatic heterocycles. The van der Waals surface area contributed by atoms with Crippen molar-refractivity contribution in [3.8, 4) is 0 Å². The molecule has 0 aromatic carbocycles. The van der Waals surface area contributed by atoms with E-state index in [9.17, 15) is 0 Å². The smallest absolute Gasteiger partial charge is 0.387 e. The third-order valence-corrected chi connectivity index (χ3v) is 1.05. The SMILES string of the molecule is COCC[CH-]CCOC.[Li+]. The maximum atomic E-state index is 4.85. The Morgan fingerprint density at radius 2 is 1.40 bits per heavy atom. The van der Waals surface area contributed by atoms with Crippen LogP contribution in [0, 0.1) is 6.42 Å². The third kappa shape index (κ3) is 11.3. The van der Waals surface area contributed by atoms with Crippen molar-refractivity contribution in [2.75, 3.05) is 27.4 Å². The molecule has 0 aliphatic carbocycles. The first-order valence-corrected chi connectivity index (χ1v) is 3.21. The van der Waals surface area contributed by atoms with Crippen LogP contribution < -0.4 is 18.9 Å². The monoisotopic (exact) mass is 138 g/mol. The fraction of sp³-hybridized carbons (Fsp3) is 0.857. The molecule has 0 aliphatic rings. The van der Waals surface area contributed by atoms with Crippen LogP contribution in [-0.4, -0.2) is 27.4 Å². The van der Waals surface area contributed by atoms with Gasteiger partial charge in [0.15, 0.2) is 0 Å². The van der Waals surface area contributed by atoms with Gasteiger partial charge in [-0.15, -0.1) is 0 Å². The zero-order chi connectivity index (χ0) is 6.95. The van der Waals surface area contributed by atoms with E-state index < -0.39 is 0 Å². The number of hydrogen-bond donors (Lipinski definition) is 0. The van der Waals surface area contributed by atoms with Crippen LogP contribution in [0.1, 0.15) is 12.8 Å². The first-order valence-electron chi connectivity index (χ1n) is 3.21. The number of rotatable bonds is 6. The van der Waals surface area contributed by atoms with Gasteiger partial charge in [0.25, 0.3) is 0 Å². The van der Waals surface area contributed by atoms with Gasteiger partial charge in [0.2, 0.25) is 0 Å². The van der Waals surface area contributed by atoms with Crippen LogP contribution in [0.15, 0.2) is 0 Å². The maximum Gasteiger partial charge on any atom is 1.00 e. The number of unbranched alkanes of at least 4 members (excludes halogenated alkanes) is 2. The predicted molar refractivity (Wildman–Crippen MR) is 37.3 cm³/mol. The minimum Gasteiger partial charge on any atom is -0.387 e. The van der Waals surface area contributed by atoms with Gasteiger partial charge in [0.05, 0.1) is 0 Å². The fourth-order valence-electron chi connectivity index (χ4n) is 0.547. The summed E-state index contributed by atoms with van der Waals surface area (Å²) in [5, 5.41) is 0. The largest absolute Gasteiger partial charge is 1.00 e. The van der Waals surface area contributed by atoms with Crippen LogP contribution in [0.3, 0.4) is 0 Å². The second kappa shape index (κ2) is 12.2. The summed E-state index contributed by atoms with van der Waals surface area (Å²) in [5.74, 6) is 0. The van der Waals surface area contributed by atoms with Gasteiger partial charge in [-0.3, -0.25) is 0 Å². The summed E-state index contributed by atoms with van der Waals surface area (Å²) in [7, 11) is 3.42. The Kier molecular flexibility index (Phi) is 16.0. The minimum atomic E-state index is 0. The maximum absolute atomic E-state index is 4.85. The van der Waals surface area contributed by atoms with Crippen LogP contribution >= 0.6 is 0 Å². The van der Waals surface area contributed by atoms with E-state index >= 15 is 0 Å². The van der Waals surface area contributed by atoms with Crippen molar-refractivity contribution in [2.45, 2.75) is 12.8 Å². The molecule has 0 rings (SSSR count). The Labute approximate surface area is 75.5 Å². The molecule has 0 radical (unpaired) electrons. The van der Waals surface area contributed by atoms with Crippen molar-refractivity contribution in [3.05, 3.63) is 6.42 Å². The van der Waals surface area contributed by atoms with Crippen LogP contribution in [0.2, 0.25) is 0 Å². The molecule has 3 heteroatoms. The van der Waals surface area contributed by atoms with E-state index in [2.05, 4.69) is 6.42 Å². The Morgan fingerprint density at radius 3 is 1.70 bits per heavy atom. The molecule has 0 fully saturated rings.